The Balaban J connectivity index is 2.15. The average Bonchev–Trinajstić information content (AvgIpc) is 2.52. The molecule has 1 aliphatic heterocycles. The van der Waals surface area contributed by atoms with Gasteiger partial charge in [0.05, 0.1) is 11.7 Å². The van der Waals surface area contributed by atoms with Crippen LogP contribution in [0.4, 0.5) is 0 Å². The molecular formula is C22H26BrNO3. The molecule has 1 atom stereocenters. The Labute approximate surface area is 169 Å². The molecule has 27 heavy (non-hydrogen) atoms. The van der Waals surface area contributed by atoms with Gasteiger partial charge in [-0.25, -0.2) is 4.79 Å². The molecule has 0 saturated heterocycles. The maximum Gasteiger partial charge on any atom is 0.337 e. The van der Waals surface area contributed by atoms with Gasteiger partial charge in [0, 0.05) is 33.8 Å². The molecule has 5 heteroatoms. The van der Waals surface area contributed by atoms with Gasteiger partial charge in [-0.2, -0.15) is 0 Å². The highest BCUT2D eigenvalue weighted by Crippen LogP contribution is 2.46. The number of ketones is 1. The second kappa shape index (κ2) is 7.27. The molecular weight excluding hydrogens is 406 g/mol. The second-order valence-electron chi connectivity index (χ2n) is 8.44. The fourth-order valence-electron chi connectivity index (χ4n) is 3.97. The fourth-order valence-corrected chi connectivity index (χ4v) is 4.24. The van der Waals surface area contributed by atoms with E-state index in [2.05, 4.69) is 35.1 Å². The summed E-state index contributed by atoms with van der Waals surface area (Å²) in [5, 5.41) is 3.35. The first-order chi connectivity index (χ1) is 12.6. The van der Waals surface area contributed by atoms with Gasteiger partial charge < -0.3 is 10.1 Å². The van der Waals surface area contributed by atoms with Crippen LogP contribution in [0.3, 0.4) is 0 Å². The zero-order valence-corrected chi connectivity index (χ0v) is 18.1. The van der Waals surface area contributed by atoms with E-state index in [0.717, 1.165) is 27.9 Å². The number of allylic oxidation sites excluding steroid dienone is 3. The number of benzene rings is 1. The summed E-state index contributed by atoms with van der Waals surface area (Å²) in [7, 11) is 0. The Bertz CT molecular complexity index is 847. The molecule has 0 saturated carbocycles. The minimum Gasteiger partial charge on any atom is -0.460 e. The van der Waals surface area contributed by atoms with Crippen LogP contribution in [0.1, 0.15) is 58.9 Å². The van der Waals surface area contributed by atoms with Crippen molar-refractivity contribution in [2.75, 3.05) is 0 Å². The van der Waals surface area contributed by atoms with Gasteiger partial charge in [-0.1, -0.05) is 41.9 Å². The summed E-state index contributed by atoms with van der Waals surface area (Å²) in [5.41, 5.74) is 3.76. The molecule has 0 fully saturated rings. The number of rotatable bonds is 3. The average molecular weight is 432 g/mol. The molecule has 1 aromatic rings. The maximum atomic E-state index is 13.1. The van der Waals surface area contributed by atoms with Gasteiger partial charge in [0.25, 0.3) is 0 Å². The number of hydrogen-bond acceptors (Lipinski definition) is 4. The molecule has 1 aliphatic carbocycles. The van der Waals surface area contributed by atoms with Gasteiger partial charge in [0.15, 0.2) is 5.78 Å². The van der Waals surface area contributed by atoms with Gasteiger partial charge in [-0.3, -0.25) is 4.79 Å². The van der Waals surface area contributed by atoms with Crippen LogP contribution >= 0.6 is 15.9 Å². The van der Waals surface area contributed by atoms with E-state index in [-0.39, 0.29) is 23.3 Å². The third-order valence-electron chi connectivity index (χ3n) is 5.01. The van der Waals surface area contributed by atoms with Crippen molar-refractivity contribution in [3.8, 4) is 0 Å². The summed E-state index contributed by atoms with van der Waals surface area (Å²) in [6.45, 7) is 9.76. The monoisotopic (exact) mass is 431 g/mol. The highest BCUT2D eigenvalue weighted by Gasteiger charge is 2.43. The number of nitrogens with one attached hydrogen (secondary N) is 1. The lowest BCUT2D eigenvalue weighted by Crippen LogP contribution is -2.39. The van der Waals surface area contributed by atoms with Crippen LogP contribution in [-0.2, 0) is 14.3 Å². The molecule has 0 aromatic heterocycles. The summed E-state index contributed by atoms with van der Waals surface area (Å²) in [6.07, 6.45) is 1.04. The SMILES string of the molecule is CC1=C(C(=O)OC(C)C)[C@@H](c2ccc(Br)cc2)C2=C(CC(C)(C)CC2=O)N1. The van der Waals surface area contributed by atoms with E-state index in [1.54, 1.807) is 0 Å². The van der Waals surface area contributed by atoms with Crippen molar-refractivity contribution in [1.82, 2.24) is 5.32 Å². The summed E-state index contributed by atoms with van der Waals surface area (Å²) in [5.74, 6) is -0.666. The van der Waals surface area contributed by atoms with Crippen molar-refractivity contribution >= 4 is 27.7 Å². The number of carbonyl (C=O) groups excluding carboxylic acids is 2. The summed E-state index contributed by atoms with van der Waals surface area (Å²) in [4.78, 5) is 26.0. The first kappa shape index (κ1) is 19.9. The van der Waals surface area contributed by atoms with E-state index >= 15 is 0 Å². The molecule has 0 amide bonds. The highest BCUT2D eigenvalue weighted by molar-refractivity contribution is 9.10. The van der Waals surface area contributed by atoms with Crippen molar-refractivity contribution in [3.05, 3.63) is 56.8 Å². The molecule has 2 aliphatic rings. The van der Waals surface area contributed by atoms with E-state index in [1.165, 1.54) is 0 Å². The van der Waals surface area contributed by atoms with Gasteiger partial charge in [-0.15, -0.1) is 0 Å². The quantitative estimate of drug-likeness (QED) is 0.683. The number of ether oxygens (including phenoxy) is 1. The highest BCUT2D eigenvalue weighted by atomic mass is 79.9. The summed E-state index contributed by atoms with van der Waals surface area (Å²) in [6, 6.07) is 7.81. The lowest BCUT2D eigenvalue weighted by atomic mass is 9.68. The number of hydrogen-bond donors (Lipinski definition) is 1. The molecule has 4 nitrogen and oxygen atoms in total. The first-order valence-electron chi connectivity index (χ1n) is 9.29. The van der Waals surface area contributed by atoms with Crippen molar-refractivity contribution in [2.45, 2.75) is 59.5 Å². The topological polar surface area (TPSA) is 55.4 Å². The Morgan fingerprint density at radius 3 is 2.44 bits per heavy atom. The number of carbonyl (C=O) groups is 2. The molecule has 144 valence electrons. The molecule has 1 N–H and O–H groups in total. The predicted molar refractivity (Wildman–Crippen MR) is 109 cm³/mol. The third-order valence-corrected chi connectivity index (χ3v) is 5.53. The zero-order valence-electron chi connectivity index (χ0n) is 16.5. The Morgan fingerprint density at radius 2 is 1.85 bits per heavy atom. The molecule has 1 aromatic carbocycles. The fraction of sp³-hybridized carbons (Fsp3) is 0.455. The largest absolute Gasteiger partial charge is 0.460 e. The lowest BCUT2D eigenvalue weighted by molar-refractivity contribution is -0.143. The molecule has 0 bridgehead atoms. The van der Waals surface area contributed by atoms with E-state index in [4.69, 9.17) is 4.74 Å². The van der Waals surface area contributed by atoms with Crippen molar-refractivity contribution in [2.24, 2.45) is 5.41 Å². The van der Waals surface area contributed by atoms with E-state index in [1.807, 2.05) is 45.0 Å². The van der Waals surface area contributed by atoms with Crippen LogP contribution in [0.15, 0.2) is 51.3 Å². The van der Waals surface area contributed by atoms with E-state index in [9.17, 15) is 9.59 Å². The number of dihydropyridines is 1. The van der Waals surface area contributed by atoms with Gasteiger partial charge in [0.2, 0.25) is 0 Å². The molecule has 1 heterocycles. The van der Waals surface area contributed by atoms with Gasteiger partial charge >= 0.3 is 5.97 Å². The van der Waals surface area contributed by atoms with Crippen LogP contribution in [-0.4, -0.2) is 17.9 Å². The minimum absolute atomic E-state index is 0.0938. The van der Waals surface area contributed by atoms with Gasteiger partial charge in [-0.05, 0) is 50.3 Å². The Hall–Kier alpha value is -1.88. The second-order valence-corrected chi connectivity index (χ2v) is 9.35. The Kier molecular flexibility index (Phi) is 5.35. The van der Waals surface area contributed by atoms with Crippen LogP contribution in [0.5, 0.6) is 0 Å². The lowest BCUT2D eigenvalue weighted by Gasteiger charge is -2.39. The minimum atomic E-state index is -0.399. The number of esters is 1. The standard InChI is InChI=1S/C22H26BrNO3/c1-12(2)27-21(26)18-13(3)24-16-10-22(4,5)11-17(25)20(16)19(18)14-6-8-15(23)9-7-14/h6-9,12,19,24H,10-11H2,1-5H3/t19-/m1/s1. The maximum absolute atomic E-state index is 13.1. The Morgan fingerprint density at radius 1 is 1.22 bits per heavy atom. The van der Waals surface area contributed by atoms with Crippen molar-refractivity contribution < 1.29 is 14.3 Å². The van der Waals surface area contributed by atoms with Crippen LogP contribution < -0.4 is 5.32 Å². The van der Waals surface area contributed by atoms with Crippen LogP contribution in [0.2, 0.25) is 0 Å². The molecule has 3 rings (SSSR count). The summed E-state index contributed by atoms with van der Waals surface area (Å²) >= 11 is 3.46. The molecule has 0 radical (unpaired) electrons. The predicted octanol–water partition coefficient (Wildman–Crippen LogP) is 5.00. The van der Waals surface area contributed by atoms with Crippen molar-refractivity contribution in [1.29, 1.82) is 0 Å². The first-order valence-corrected chi connectivity index (χ1v) is 10.1. The van der Waals surface area contributed by atoms with Crippen molar-refractivity contribution in [3.63, 3.8) is 0 Å². The zero-order chi connectivity index (χ0) is 19.9. The van der Waals surface area contributed by atoms with Crippen LogP contribution in [0, 0.1) is 5.41 Å². The van der Waals surface area contributed by atoms with E-state index in [0.29, 0.717) is 17.6 Å². The normalized spacial score (nSPS) is 21.9. The third kappa shape index (κ3) is 4.03. The molecule has 0 spiro atoms. The number of Topliss-reactive ketones (excluding diaryl/α,β-unsaturated/α-hetero) is 1. The van der Waals surface area contributed by atoms with E-state index < -0.39 is 5.92 Å². The van der Waals surface area contributed by atoms with Crippen LogP contribution in [0.25, 0.3) is 0 Å². The van der Waals surface area contributed by atoms with Gasteiger partial charge in [0.1, 0.15) is 0 Å². The summed E-state index contributed by atoms with van der Waals surface area (Å²) < 4.78 is 6.47. The number of halogens is 1. The molecule has 0 unspecified atom stereocenters. The smallest absolute Gasteiger partial charge is 0.337 e.